The van der Waals surface area contributed by atoms with Crippen LogP contribution < -0.4 is 14.8 Å². The van der Waals surface area contributed by atoms with Crippen LogP contribution in [0.4, 0.5) is 10.5 Å². The molecule has 0 unspecified atom stereocenters. The summed E-state index contributed by atoms with van der Waals surface area (Å²) in [5.41, 5.74) is 2.79. The highest BCUT2D eigenvalue weighted by Crippen LogP contribution is 2.33. The normalized spacial score (nSPS) is 14.1. The highest BCUT2D eigenvalue weighted by atomic mass is 32.2. The van der Waals surface area contributed by atoms with Crippen LogP contribution in [0.2, 0.25) is 0 Å². The van der Waals surface area contributed by atoms with E-state index in [1.165, 1.54) is 22.5 Å². The molecule has 3 aromatic rings. The first kappa shape index (κ1) is 26.0. The lowest BCUT2D eigenvalue weighted by atomic mass is 10.1. The largest absolute Gasteiger partial charge is 0.497 e. The van der Waals surface area contributed by atoms with Gasteiger partial charge in [0.15, 0.2) is 0 Å². The lowest BCUT2D eigenvalue weighted by molar-refractivity contribution is 0.184. The molecule has 0 saturated carbocycles. The van der Waals surface area contributed by atoms with Crippen LogP contribution in [-0.2, 0) is 10.0 Å². The fraction of sp³-hybridized carbons (Fsp3) is 0.259. The van der Waals surface area contributed by atoms with Crippen LogP contribution in [0.25, 0.3) is 0 Å². The first-order valence-electron chi connectivity index (χ1n) is 11.7. The van der Waals surface area contributed by atoms with Crippen molar-refractivity contribution in [1.29, 1.82) is 5.26 Å². The molecular formula is C27H28N4O5S. The Balaban J connectivity index is 1.49. The van der Waals surface area contributed by atoms with E-state index in [4.69, 9.17) is 9.47 Å². The minimum absolute atomic E-state index is 0.0816. The maximum Gasteiger partial charge on any atom is 0.321 e. The lowest BCUT2D eigenvalue weighted by Gasteiger charge is -2.34. The predicted octanol–water partition coefficient (Wildman–Crippen LogP) is 4.51. The highest BCUT2D eigenvalue weighted by Gasteiger charge is 2.32. The SMILES string of the molecule is COc1ccc(NC(=O)N2CCN(S(=O)(=O)c3cc(C#N)ccc3Oc3cc(C)cc(C)c3)CC2)cc1. The second-order valence-corrected chi connectivity index (χ2v) is 10.7. The third-order valence-electron chi connectivity index (χ3n) is 5.98. The molecule has 0 radical (unpaired) electrons. The third kappa shape index (κ3) is 6.02. The van der Waals surface area contributed by atoms with Crippen LogP contribution in [0.15, 0.2) is 65.6 Å². The fourth-order valence-electron chi connectivity index (χ4n) is 4.13. The number of carbonyl (C=O) groups is 1. The Morgan fingerprint density at radius 3 is 2.16 bits per heavy atom. The number of methoxy groups -OCH3 is 1. The maximum atomic E-state index is 13.6. The number of anilines is 1. The molecule has 1 aliphatic heterocycles. The molecule has 0 aliphatic carbocycles. The van der Waals surface area contributed by atoms with Crippen LogP contribution in [0.1, 0.15) is 16.7 Å². The number of urea groups is 1. The number of carbonyl (C=O) groups excluding carboxylic acids is 1. The summed E-state index contributed by atoms with van der Waals surface area (Å²) in [6.07, 6.45) is 0. The van der Waals surface area contributed by atoms with E-state index in [0.717, 1.165) is 11.1 Å². The lowest BCUT2D eigenvalue weighted by Crippen LogP contribution is -2.51. The van der Waals surface area contributed by atoms with Crippen molar-refractivity contribution in [2.45, 2.75) is 18.7 Å². The number of rotatable bonds is 6. The average molecular weight is 521 g/mol. The zero-order chi connectivity index (χ0) is 26.6. The zero-order valence-electron chi connectivity index (χ0n) is 20.9. The molecule has 37 heavy (non-hydrogen) atoms. The van der Waals surface area contributed by atoms with Gasteiger partial charge in [-0.3, -0.25) is 0 Å². The van der Waals surface area contributed by atoms with Crippen molar-refractivity contribution in [3.63, 3.8) is 0 Å². The van der Waals surface area contributed by atoms with E-state index in [1.807, 2.05) is 38.1 Å². The first-order chi connectivity index (χ1) is 17.7. The molecule has 3 aromatic carbocycles. The minimum atomic E-state index is -4.00. The highest BCUT2D eigenvalue weighted by molar-refractivity contribution is 7.89. The van der Waals surface area contributed by atoms with E-state index in [9.17, 15) is 18.5 Å². The van der Waals surface area contributed by atoms with Crippen molar-refractivity contribution in [3.05, 3.63) is 77.4 Å². The molecular weight excluding hydrogens is 492 g/mol. The summed E-state index contributed by atoms with van der Waals surface area (Å²) < 4.78 is 39.7. The number of nitrogens with one attached hydrogen (secondary N) is 1. The molecule has 1 N–H and O–H groups in total. The van der Waals surface area contributed by atoms with Crippen LogP contribution in [-0.4, -0.2) is 56.9 Å². The van der Waals surface area contributed by atoms with Crippen molar-refractivity contribution in [3.8, 4) is 23.3 Å². The molecule has 0 aromatic heterocycles. The Morgan fingerprint density at radius 2 is 1.57 bits per heavy atom. The van der Waals surface area contributed by atoms with Gasteiger partial charge < -0.3 is 19.7 Å². The third-order valence-corrected chi connectivity index (χ3v) is 7.90. The van der Waals surface area contributed by atoms with Gasteiger partial charge in [-0.1, -0.05) is 6.07 Å². The Kier molecular flexibility index (Phi) is 7.66. The molecule has 0 atom stereocenters. The molecule has 0 spiro atoms. The number of nitriles is 1. The van der Waals surface area contributed by atoms with Crippen molar-refractivity contribution < 1.29 is 22.7 Å². The van der Waals surface area contributed by atoms with Crippen molar-refractivity contribution >= 4 is 21.7 Å². The van der Waals surface area contributed by atoms with Gasteiger partial charge in [0.25, 0.3) is 0 Å². The van der Waals surface area contributed by atoms with Crippen LogP contribution in [0, 0.1) is 25.2 Å². The van der Waals surface area contributed by atoms with Crippen molar-refractivity contribution in [1.82, 2.24) is 9.21 Å². The molecule has 4 rings (SSSR count). The van der Waals surface area contributed by atoms with E-state index in [-0.39, 0.29) is 48.4 Å². The topological polar surface area (TPSA) is 112 Å². The van der Waals surface area contributed by atoms with E-state index < -0.39 is 10.0 Å². The fourth-order valence-corrected chi connectivity index (χ4v) is 5.69. The van der Waals surface area contributed by atoms with Gasteiger partial charge in [0.05, 0.1) is 18.7 Å². The van der Waals surface area contributed by atoms with E-state index in [2.05, 4.69) is 5.32 Å². The number of piperazine rings is 1. The van der Waals surface area contributed by atoms with Gasteiger partial charge in [-0.2, -0.15) is 9.57 Å². The Morgan fingerprint density at radius 1 is 0.919 bits per heavy atom. The van der Waals surface area contributed by atoms with Crippen LogP contribution in [0.5, 0.6) is 17.2 Å². The number of sulfonamides is 1. The Labute approximate surface area is 216 Å². The second kappa shape index (κ2) is 10.9. The summed E-state index contributed by atoms with van der Waals surface area (Å²) in [4.78, 5) is 14.2. The number of ether oxygens (including phenoxy) is 2. The molecule has 1 saturated heterocycles. The van der Waals surface area contributed by atoms with Gasteiger partial charge in [-0.15, -0.1) is 0 Å². The van der Waals surface area contributed by atoms with Gasteiger partial charge >= 0.3 is 6.03 Å². The predicted molar refractivity (Wildman–Crippen MR) is 139 cm³/mol. The average Bonchev–Trinajstić information content (AvgIpc) is 2.88. The summed E-state index contributed by atoms with van der Waals surface area (Å²) in [6.45, 7) is 4.51. The monoisotopic (exact) mass is 520 g/mol. The molecule has 0 bridgehead atoms. The number of aryl methyl sites for hydroxylation is 2. The van der Waals surface area contributed by atoms with Crippen LogP contribution in [0.3, 0.4) is 0 Å². The molecule has 9 nitrogen and oxygen atoms in total. The molecule has 1 heterocycles. The van der Waals surface area contributed by atoms with Gasteiger partial charge in [-0.05, 0) is 79.6 Å². The number of nitrogens with zero attached hydrogens (tertiary/aromatic N) is 3. The summed E-state index contributed by atoms with van der Waals surface area (Å²) in [5, 5.41) is 12.2. The van der Waals surface area contributed by atoms with Crippen molar-refractivity contribution in [2.24, 2.45) is 0 Å². The minimum Gasteiger partial charge on any atom is -0.497 e. The van der Waals surface area contributed by atoms with Crippen molar-refractivity contribution in [2.75, 3.05) is 38.6 Å². The van der Waals surface area contributed by atoms with Gasteiger partial charge in [0.1, 0.15) is 22.1 Å². The summed E-state index contributed by atoms with van der Waals surface area (Å²) >= 11 is 0. The number of hydrogen-bond donors (Lipinski definition) is 1. The smallest absolute Gasteiger partial charge is 0.321 e. The standard InChI is InChI=1S/C27H28N4O5S/c1-19-14-20(2)16-24(15-19)36-25-9-4-21(18-28)17-26(25)37(33,34)31-12-10-30(11-13-31)27(32)29-22-5-7-23(35-3)8-6-22/h4-9,14-17H,10-13H2,1-3H3,(H,29,32). The molecule has 2 amide bonds. The quantitative estimate of drug-likeness (QED) is 0.512. The molecule has 10 heteroatoms. The summed E-state index contributed by atoms with van der Waals surface area (Å²) in [5.74, 6) is 1.33. The molecule has 1 aliphatic rings. The number of amides is 2. The van der Waals surface area contributed by atoms with E-state index in [0.29, 0.717) is 17.2 Å². The maximum absolute atomic E-state index is 13.6. The molecule has 1 fully saturated rings. The Hall–Kier alpha value is -4.07. The van der Waals surface area contributed by atoms with Gasteiger partial charge in [0, 0.05) is 31.9 Å². The zero-order valence-corrected chi connectivity index (χ0v) is 21.7. The number of benzene rings is 3. The first-order valence-corrected chi connectivity index (χ1v) is 13.1. The molecule has 192 valence electrons. The van der Waals surface area contributed by atoms with Crippen LogP contribution >= 0.6 is 0 Å². The van der Waals surface area contributed by atoms with E-state index in [1.54, 1.807) is 36.3 Å². The van der Waals surface area contributed by atoms with Gasteiger partial charge in [-0.25, -0.2) is 13.2 Å². The summed E-state index contributed by atoms with van der Waals surface area (Å²) in [7, 11) is -2.43. The van der Waals surface area contributed by atoms with E-state index >= 15 is 0 Å². The number of hydrogen-bond acceptors (Lipinski definition) is 6. The Bertz CT molecular complexity index is 1420. The second-order valence-electron chi connectivity index (χ2n) is 8.75. The summed E-state index contributed by atoms with van der Waals surface area (Å²) in [6, 6.07) is 18.6. The van der Waals surface area contributed by atoms with Gasteiger partial charge in [0.2, 0.25) is 10.0 Å².